The standard InChI is InChI=1S/C5H13FN2O2S2.C4H11N2O3S2/c1-5-8(2)11(3,6)7-12(4,9)10;1-4-6(2)10(7)5-11(3,8)9/h3,5H2,1-2,4H3;4H2,1-3H3/q;-1. The maximum absolute atomic E-state index is 13.3. The second-order valence-corrected chi connectivity index (χ2v) is 11.3. The molecule has 0 N–H and O–H groups in total. The molecule has 0 saturated heterocycles. The summed E-state index contributed by atoms with van der Waals surface area (Å²) in [5.41, 5.74) is 0. The fourth-order valence-electron chi connectivity index (χ4n) is 0.745. The van der Waals surface area contributed by atoms with Gasteiger partial charge in [0.25, 0.3) is 10.0 Å². The SMILES string of the molecule is C=S(F)(=NS(C)(=O)=O)N(C)CC.CCN(C)S(=O)[N-]S(C)(=O)=O. The minimum absolute atomic E-state index is 0.369. The van der Waals surface area contributed by atoms with Gasteiger partial charge in [0.05, 0.1) is 26.3 Å². The van der Waals surface area contributed by atoms with Crippen LogP contribution in [0.4, 0.5) is 3.89 Å². The normalized spacial score (nSPS) is 16.4. The van der Waals surface area contributed by atoms with E-state index in [1.54, 1.807) is 13.8 Å². The second-order valence-electron chi connectivity index (χ2n) is 4.32. The number of nitrogens with zero attached hydrogens (tertiary/aromatic N) is 4. The topological polar surface area (TPSA) is 118 Å². The lowest BCUT2D eigenvalue weighted by Crippen LogP contribution is -2.22. The van der Waals surface area contributed by atoms with Gasteiger partial charge in [-0.05, 0) is 12.9 Å². The Hall–Kier alpha value is -0.120. The first-order valence-corrected chi connectivity index (χ1v) is 12.5. The molecule has 0 spiro atoms. The summed E-state index contributed by atoms with van der Waals surface area (Å²) in [6.45, 7) is 4.32. The van der Waals surface area contributed by atoms with E-state index in [4.69, 9.17) is 0 Å². The van der Waals surface area contributed by atoms with Crippen molar-refractivity contribution in [3.8, 4) is 0 Å². The first-order chi connectivity index (χ1) is 10.1. The van der Waals surface area contributed by atoms with Gasteiger partial charge in [0.2, 0.25) is 0 Å². The van der Waals surface area contributed by atoms with E-state index >= 15 is 0 Å². The molecule has 23 heavy (non-hydrogen) atoms. The molecule has 0 aromatic rings. The number of rotatable bonds is 7. The van der Waals surface area contributed by atoms with Crippen molar-refractivity contribution >= 4 is 47.1 Å². The van der Waals surface area contributed by atoms with Crippen LogP contribution in [0.2, 0.25) is 0 Å². The summed E-state index contributed by atoms with van der Waals surface area (Å²) < 4.78 is 75.0. The number of sulfonamides is 2. The van der Waals surface area contributed by atoms with Crippen molar-refractivity contribution in [1.29, 1.82) is 0 Å². The molecule has 0 aliphatic carbocycles. The van der Waals surface area contributed by atoms with Crippen molar-refractivity contribution in [3.63, 3.8) is 0 Å². The van der Waals surface area contributed by atoms with Gasteiger partial charge >= 0.3 is 0 Å². The zero-order valence-corrected chi connectivity index (χ0v) is 17.2. The van der Waals surface area contributed by atoms with Crippen molar-refractivity contribution in [2.45, 2.75) is 13.8 Å². The van der Waals surface area contributed by atoms with Crippen LogP contribution in [-0.4, -0.2) is 75.2 Å². The summed E-state index contributed by atoms with van der Waals surface area (Å²) in [5, 5.41) is 0. The Morgan fingerprint density at radius 1 is 1.13 bits per heavy atom. The molecule has 0 aliphatic heterocycles. The molecule has 0 amide bonds. The van der Waals surface area contributed by atoms with E-state index in [9.17, 15) is 24.9 Å². The van der Waals surface area contributed by atoms with E-state index in [1.165, 1.54) is 22.7 Å². The van der Waals surface area contributed by atoms with Gasteiger partial charge in [0.1, 0.15) is 0 Å². The van der Waals surface area contributed by atoms with Gasteiger partial charge in [-0.15, -0.1) is 7.65 Å². The van der Waals surface area contributed by atoms with Crippen LogP contribution < -0.4 is 0 Å². The van der Waals surface area contributed by atoms with Crippen LogP contribution in [0.1, 0.15) is 13.8 Å². The molecule has 0 aromatic heterocycles. The summed E-state index contributed by atoms with van der Waals surface area (Å²) in [5.74, 6) is 3.12. The summed E-state index contributed by atoms with van der Waals surface area (Å²) in [6.07, 6.45) is 1.76. The second kappa shape index (κ2) is 10.0. The van der Waals surface area contributed by atoms with E-state index in [2.05, 4.69) is 13.8 Å². The molecule has 0 saturated carbocycles. The molecule has 0 radical (unpaired) electrons. The van der Waals surface area contributed by atoms with E-state index < -0.39 is 41.2 Å². The van der Waals surface area contributed by atoms with Gasteiger partial charge in [-0.1, -0.05) is 13.8 Å². The lowest BCUT2D eigenvalue weighted by Gasteiger charge is -2.23. The Labute approximate surface area is 142 Å². The molecule has 142 valence electrons. The summed E-state index contributed by atoms with van der Waals surface area (Å²) in [6, 6.07) is 0. The molecule has 2 unspecified atom stereocenters. The van der Waals surface area contributed by atoms with Crippen LogP contribution in [0.25, 0.3) is 4.13 Å². The highest BCUT2D eigenvalue weighted by Gasteiger charge is 2.09. The lowest BCUT2D eigenvalue weighted by atomic mass is 10.8. The zero-order valence-electron chi connectivity index (χ0n) is 14.0. The van der Waals surface area contributed by atoms with Crippen molar-refractivity contribution in [2.75, 3.05) is 39.7 Å². The van der Waals surface area contributed by atoms with E-state index in [0.29, 0.717) is 13.1 Å². The van der Waals surface area contributed by atoms with Crippen molar-refractivity contribution < 1.29 is 24.9 Å². The van der Waals surface area contributed by atoms with E-state index in [0.717, 1.165) is 12.5 Å². The minimum Gasteiger partial charge on any atom is -0.450 e. The monoisotopic (exact) mass is 415 g/mol. The first-order valence-electron chi connectivity index (χ1n) is 6.13. The first kappa shape index (κ1) is 25.1. The van der Waals surface area contributed by atoms with Crippen LogP contribution in [0, 0.1) is 0 Å². The van der Waals surface area contributed by atoms with E-state index in [-0.39, 0.29) is 0 Å². The maximum atomic E-state index is 13.3. The molecule has 9 nitrogen and oxygen atoms in total. The fourth-order valence-corrected chi connectivity index (χ4v) is 4.86. The highest BCUT2D eigenvalue weighted by atomic mass is 32.3. The third-order valence-electron chi connectivity index (χ3n) is 2.08. The van der Waals surface area contributed by atoms with Crippen LogP contribution in [0.3, 0.4) is 0 Å². The van der Waals surface area contributed by atoms with Gasteiger partial charge in [-0.3, -0.25) is 4.21 Å². The van der Waals surface area contributed by atoms with Crippen molar-refractivity contribution in [2.24, 2.45) is 3.77 Å². The Morgan fingerprint density at radius 3 is 1.83 bits per heavy atom. The molecule has 0 fully saturated rings. The van der Waals surface area contributed by atoms with Crippen molar-refractivity contribution in [3.05, 3.63) is 4.13 Å². The third-order valence-corrected chi connectivity index (χ3v) is 7.68. The van der Waals surface area contributed by atoms with E-state index in [1.807, 2.05) is 0 Å². The average molecular weight is 416 g/mol. The summed E-state index contributed by atoms with van der Waals surface area (Å²) in [7, 11) is -7.42. The van der Waals surface area contributed by atoms with Gasteiger partial charge in [-0.25, -0.2) is 25.4 Å². The molecule has 0 heterocycles. The van der Waals surface area contributed by atoms with Crippen LogP contribution in [0.15, 0.2) is 3.77 Å². The van der Waals surface area contributed by atoms with Crippen LogP contribution in [-0.2, 0) is 41.2 Å². The fraction of sp³-hybridized carbons (Fsp3) is 0.889. The Bertz CT molecular complexity index is 712. The Morgan fingerprint density at radius 2 is 1.57 bits per heavy atom. The molecular weight excluding hydrogens is 391 g/mol. The highest BCUT2D eigenvalue weighted by molar-refractivity contribution is 8.08. The smallest absolute Gasteiger partial charge is 0.258 e. The zero-order chi connectivity index (χ0) is 19.1. The predicted molar refractivity (Wildman–Crippen MR) is 95.8 cm³/mol. The number of hydrogen-bond acceptors (Lipinski definition) is 5. The quantitative estimate of drug-likeness (QED) is 0.552. The largest absolute Gasteiger partial charge is 0.450 e. The van der Waals surface area contributed by atoms with Gasteiger partial charge in [0, 0.05) is 37.6 Å². The summed E-state index contributed by atoms with van der Waals surface area (Å²) in [4.78, 5) is 0. The predicted octanol–water partition coefficient (Wildman–Crippen LogP) is 0.317. The molecule has 0 bridgehead atoms. The average Bonchev–Trinajstić information content (AvgIpc) is 2.32. The highest BCUT2D eigenvalue weighted by Crippen LogP contribution is 2.06. The maximum Gasteiger partial charge on any atom is 0.258 e. The third kappa shape index (κ3) is 14.0. The Balaban J connectivity index is 0. The van der Waals surface area contributed by atoms with Crippen LogP contribution in [0.5, 0.6) is 0 Å². The molecule has 0 aliphatic rings. The summed E-state index contributed by atoms with van der Waals surface area (Å²) >= 11 is -1.76. The molecule has 0 aromatic carbocycles. The van der Waals surface area contributed by atoms with Gasteiger partial charge in [-0.2, -0.15) is 0 Å². The Kier molecular flexibility index (Phi) is 10.9. The van der Waals surface area contributed by atoms with Gasteiger partial charge < -0.3 is 4.13 Å². The molecule has 0 rings (SSSR count). The minimum atomic E-state index is -3.65. The number of halogens is 1. The molecule has 2 atom stereocenters. The number of hydrogen-bond donors (Lipinski definition) is 0. The molecule has 14 heteroatoms. The van der Waals surface area contributed by atoms with Crippen molar-refractivity contribution in [1.82, 2.24) is 8.61 Å². The van der Waals surface area contributed by atoms with Crippen LogP contribution >= 0.6 is 0 Å². The lowest BCUT2D eigenvalue weighted by molar-refractivity contribution is 0.553. The van der Waals surface area contributed by atoms with Gasteiger partial charge in [0.15, 0.2) is 0 Å². The molecular formula is C9H24FN4O5S4-.